The van der Waals surface area contributed by atoms with Crippen molar-refractivity contribution in [2.45, 2.75) is 38.1 Å². The molecule has 0 amide bonds. The maximum absolute atomic E-state index is 12.1. The SMILES string of the molecule is O=C(Cc1ccc(I)cc1)C1CCCCCN1. The van der Waals surface area contributed by atoms with Crippen molar-refractivity contribution in [1.82, 2.24) is 5.32 Å². The van der Waals surface area contributed by atoms with Gasteiger partial charge in [-0.25, -0.2) is 0 Å². The Bertz CT molecular complexity index is 366. The van der Waals surface area contributed by atoms with Crippen LogP contribution in [0.25, 0.3) is 0 Å². The molecule has 1 fully saturated rings. The van der Waals surface area contributed by atoms with E-state index in [0.717, 1.165) is 18.5 Å². The van der Waals surface area contributed by atoms with Crippen LogP contribution in [0.1, 0.15) is 31.2 Å². The summed E-state index contributed by atoms with van der Waals surface area (Å²) in [5.41, 5.74) is 1.13. The number of nitrogens with one attached hydrogen (secondary N) is 1. The number of rotatable bonds is 3. The first-order valence-electron chi connectivity index (χ1n) is 6.26. The van der Waals surface area contributed by atoms with Crippen molar-refractivity contribution >= 4 is 28.4 Å². The Balaban J connectivity index is 1.93. The summed E-state index contributed by atoms with van der Waals surface area (Å²) < 4.78 is 1.21. The van der Waals surface area contributed by atoms with E-state index in [2.05, 4.69) is 52.2 Å². The fraction of sp³-hybridized carbons (Fsp3) is 0.500. The lowest BCUT2D eigenvalue weighted by atomic mass is 10.0. The summed E-state index contributed by atoms with van der Waals surface area (Å²) in [4.78, 5) is 12.1. The third kappa shape index (κ3) is 4.07. The molecule has 2 rings (SSSR count). The number of hydrogen-bond donors (Lipinski definition) is 1. The summed E-state index contributed by atoms with van der Waals surface area (Å²) in [6, 6.07) is 8.30. The van der Waals surface area contributed by atoms with Gasteiger partial charge >= 0.3 is 0 Å². The highest BCUT2D eigenvalue weighted by molar-refractivity contribution is 14.1. The van der Waals surface area contributed by atoms with Crippen LogP contribution in [0.3, 0.4) is 0 Å². The molecule has 1 aliphatic rings. The predicted octanol–water partition coefficient (Wildman–Crippen LogP) is 2.94. The average molecular weight is 343 g/mol. The molecule has 3 heteroatoms. The van der Waals surface area contributed by atoms with Crippen molar-refractivity contribution in [2.24, 2.45) is 0 Å². The molecule has 1 heterocycles. The number of carbonyl (C=O) groups is 1. The number of benzene rings is 1. The van der Waals surface area contributed by atoms with E-state index in [0.29, 0.717) is 12.2 Å². The molecule has 0 bridgehead atoms. The number of hydrogen-bond acceptors (Lipinski definition) is 2. The predicted molar refractivity (Wildman–Crippen MR) is 78.1 cm³/mol. The molecule has 2 nitrogen and oxygen atoms in total. The molecule has 1 atom stereocenters. The number of carbonyl (C=O) groups excluding carboxylic acids is 1. The van der Waals surface area contributed by atoms with Crippen LogP contribution in [-0.2, 0) is 11.2 Å². The largest absolute Gasteiger partial charge is 0.307 e. The molecule has 1 aromatic rings. The zero-order chi connectivity index (χ0) is 12.1. The zero-order valence-electron chi connectivity index (χ0n) is 9.92. The van der Waals surface area contributed by atoms with Crippen LogP contribution in [-0.4, -0.2) is 18.4 Å². The van der Waals surface area contributed by atoms with Gasteiger partial charge in [-0.1, -0.05) is 25.0 Å². The van der Waals surface area contributed by atoms with E-state index in [4.69, 9.17) is 0 Å². The van der Waals surface area contributed by atoms with Crippen molar-refractivity contribution in [3.05, 3.63) is 33.4 Å². The molecule has 0 radical (unpaired) electrons. The van der Waals surface area contributed by atoms with Crippen molar-refractivity contribution in [3.8, 4) is 0 Å². The maximum Gasteiger partial charge on any atom is 0.154 e. The van der Waals surface area contributed by atoms with Gasteiger partial charge in [0.25, 0.3) is 0 Å². The Morgan fingerprint density at radius 3 is 2.76 bits per heavy atom. The third-order valence-electron chi connectivity index (χ3n) is 3.24. The van der Waals surface area contributed by atoms with Gasteiger partial charge in [0.05, 0.1) is 6.04 Å². The highest BCUT2D eigenvalue weighted by Gasteiger charge is 2.19. The molecule has 0 saturated carbocycles. The summed E-state index contributed by atoms with van der Waals surface area (Å²) >= 11 is 2.28. The second-order valence-corrected chi connectivity index (χ2v) is 5.87. The zero-order valence-corrected chi connectivity index (χ0v) is 12.1. The highest BCUT2D eigenvalue weighted by Crippen LogP contribution is 2.13. The summed E-state index contributed by atoms with van der Waals surface area (Å²) in [5.74, 6) is 0.341. The van der Waals surface area contributed by atoms with Crippen LogP contribution in [0.2, 0.25) is 0 Å². The van der Waals surface area contributed by atoms with E-state index in [1.54, 1.807) is 0 Å². The molecule has 0 aromatic heterocycles. The lowest BCUT2D eigenvalue weighted by Gasteiger charge is -2.14. The average Bonchev–Trinajstić information content (AvgIpc) is 2.61. The Kier molecular flexibility index (Phi) is 4.98. The number of ketones is 1. The quantitative estimate of drug-likeness (QED) is 0.855. The van der Waals surface area contributed by atoms with Gasteiger partial charge in [0.2, 0.25) is 0 Å². The van der Waals surface area contributed by atoms with Gasteiger partial charge in [-0.05, 0) is 59.7 Å². The maximum atomic E-state index is 12.1. The topological polar surface area (TPSA) is 29.1 Å². The molecule has 92 valence electrons. The molecule has 1 N–H and O–H groups in total. The van der Waals surface area contributed by atoms with Gasteiger partial charge in [0, 0.05) is 9.99 Å². The molecular weight excluding hydrogens is 325 g/mol. The first kappa shape index (κ1) is 13.0. The molecule has 17 heavy (non-hydrogen) atoms. The minimum atomic E-state index is 0.0804. The van der Waals surface area contributed by atoms with E-state index >= 15 is 0 Å². The minimum Gasteiger partial charge on any atom is -0.307 e. The highest BCUT2D eigenvalue weighted by atomic mass is 127. The van der Waals surface area contributed by atoms with Crippen LogP contribution < -0.4 is 5.32 Å². The van der Waals surface area contributed by atoms with Crippen LogP contribution in [0, 0.1) is 3.57 Å². The van der Waals surface area contributed by atoms with Gasteiger partial charge in [-0.3, -0.25) is 4.79 Å². The first-order valence-corrected chi connectivity index (χ1v) is 7.34. The smallest absolute Gasteiger partial charge is 0.154 e. The second-order valence-electron chi connectivity index (χ2n) is 4.63. The Hall–Kier alpha value is -0.420. The molecule has 1 saturated heterocycles. The van der Waals surface area contributed by atoms with Gasteiger partial charge < -0.3 is 5.32 Å². The molecule has 0 aliphatic carbocycles. The Labute approximate surface area is 116 Å². The van der Waals surface area contributed by atoms with Crippen LogP contribution in [0.5, 0.6) is 0 Å². The summed E-state index contributed by atoms with van der Waals surface area (Å²) in [6.45, 7) is 0.989. The monoisotopic (exact) mass is 343 g/mol. The van der Waals surface area contributed by atoms with Crippen molar-refractivity contribution in [2.75, 3.05) is 6.54 Å². The van der Waals surface area contributed by atoms with Gasteiger partial charge in [-0.15, -0.1) is 0 Å². The van der Waals surface area contributed by atoms with Gasteiger partial charge in [0.1, 0.15) is 0 Å². The fourth-order valence-corrected chi connectivity index (χ4v) is 2.59. The van der Waals surface area contributed by atoms with Crippen LogP contribution in [0.15, 0.2) is 24.3 Å². The van der Waals surface area contributed by atoms with Crippen molar-refractivity contribution in [1.29, 1.82) is 0 Å². The normalized spacial score (nSPS) is 20.9. The fourth-order valence-electron chi connectivity index (χ4n) is 2.23. The molecule has 1 unspecified atom stereocenters. The van der Waals surface area contributed by atoms with Crippen molar-refractivity contribution in [3.63, 3.8) is 0 Å². The summed E-state index contributed by atoms with van der Waals surface area (Å²) in [5, 5.41) is 3.36. The third-order valence-corrected chi connectivity index (χ3v) is 3.96. The number of halogens is 1. The van der Waals surface area contributed by atoms with Crippen LogP contribution in [0.4, 0.5) is 0 Å². The van der Waals surface area contributed by atoms with Gasteiger partial charge in [-0.2, -0.15) is 0 Å². The van der Waals surface area contributed by atoms with Gasteiger partial charge in [0.15, 0.2) is 5.78 Å². The Morgan fingerprint density at radius 1 is 1.24 bits per heavy atom. The molecule has 0 spiro atoms. The van der Waals surface area contributed by atoms with E-state index in [-0.39, 0.29) is 6.04 Å². The summed E-state index contributed by atoms with van der Waals surface area (Å²) in [7, 11) is 0. The van der Waals surface area contributed by atoms with E-state index in [1.165, 1.54) is 22.8 Å². The first-order chi connectivity index (χ1) is 8.25. The molecule has 1 aromatic carbocycles. The molecule has 1 aliphatic heterocycles. The molecular formula is C14H18INO. The number of Topliss-reactive ketones (excluding diaryl/α,β-unsaturated/α-hetero) is 1. The summed E-state index contributed by atoms with van der Waals surface area (Å²) in [6.07, 6.45) is 5.20. The van der Waals surface area contributed by atoms with Crippen molar-refractivity contribution < 1.29 is 4.79 Å². The lowest BCUT2D eigenvalue weighted by Crippen LogP contribution is -2.36. The van der Waals surface area contributed by atoms with Crippen LogP contribution >= 0.6 is 22.6 Å². The standard InChI is InChI=1S/C14H18INO/c15-12-7-5-11(6-8-12)10-14(17)13-4-2-1-3-9-16-13/h5-8,13,16H,1-4,9-10H2. The lowest BCUT2D eigenvalue weighted by molar-refractivity contribution is -0.120. The Morgan fingerprint density at radius 2 is 2.00 bits per heavy atom. The second kappa shape index (κ2) is 6.50. The van der Waals surface area contributed by atoms with E-state index in [1.807, 2.05) is 0 Å². The minimum absolute atomic E-state index is 0.0804. The van der Waals surface area contributed by atoms with E-state index < -0.39 is 0 Å². The van der Waals surface area contributed by atoms with E-state index in [9.17, 15) is 4.79 Å².